The Morgan fingerprint density at radius 1 is 1.50 bits per heavy atom. The summed E-state index contributed by atoms with van der Waals surface area (Å²) in [5.74, 6) is 0.257. The van der Waals surface area contributed by atoms with Crippen molar-refractivity contribution in [3.8, 4) is 5.75 Å². The van der Waals surface area contributed by atoms with Crippen LogP contribution in [-0.4, -0.2) is 5.11 Å². The number of phenolic OH excluding ortho intramolecular Hbond substituents is 1. The van der Waals surface area contributed by atoms with Crippen LogP contribution in [0.2, 0.25) is 0 Å². The highest BCUT2D eigenvalue weighted by Crippen LogP contribution is 2.27. The van der Waals surface area contributed by atoms with Gasteiger partial charge in [0.2, 0.25) is 0 Å². The number of benzene rings is 1. The van der Waals surface area contributed by atoms with Gasteiger partial charge in [-0.25, -0.2) is 0 Å². The van der Waals surface area contributed by atoms with Gasteiger partial charge < -0.3 is 10.8 Å². The van der Waals surface area contributed by atoms with Crippen molar-refractivity contribution in [2.24, 2.45) is 5.73 Å². The van der Waals surface area contributed by atoms with Crippen molar-refractivity contribution < 1.29 is 5.11 Å². The minimum absolute atomic E-state index is 0. The molecule has 1 aromatic rings. The summed E-state index contributed by atoms with van der Waals surface area (Å²) in [4.78, 5) is 0. The molecular weight excluding hydrogens is 265 g/mol. The number of aromatic hydroxyl groups is 1. The standard InChI is InChI=1S/C10H14BrNO.ClH/c1-2-3-9(12)7-4-5-10(13)8(11)6-7;/h4-6,9,13H,2-3,12H2,1H3;1H/t9-;/m0./s1. The van der Waals surface area contributed by atoms with Crippen molar-refractivity contribution in [3.05, 3.63) is 28.2 Å². The van der Waals surface area contributed by atoms with Gasteiger partial charge in [-0.05, 0) is 40.0 Å². The average Bonchev–Trinajstić information content (AvgIpc) is 2.10. The molecule has 0 unspecified atom stereocenters. The summed E-state index contributed by atoms with van der Waals surface area (Å²) in [6, 6.07) is 5.47. The second-order valence-corrected chi connectivity index (χ2v) is 3.96. The fourth-order valence-corrected chi connectivity index (χ4v) is 1.63. The molecule has 0 aliphatic heterocycles. The van der Waals surface area contributed by atoms with Crippen LogP contribution in [0.5, 0.6) is 5.75 Å². The molecule has 0 spiro atoms. The van der Waals surface area contributed by atoms with Crippen LogP contribution in [0.15, 0.2) is 22.7 Å². The molecule has 0 amide bonds. The predicted octanol–water partition coefficient (Wildman–Crippen LogP) is 3.38. The van der Waals surface area contributed by atoms with Gasteiger partial charge in [-0.1, -0.05) is 19.4 Å². The normalized spacial score (nSPS) is 11.9. The summed E-state index contributed by atoms with van der Waals surface area (Å²) < 4.78 is 0.705. The molecule has 3 N–H and O–H groups in total. The number of hydrogen-bond acceptors (Lipinski definition) is 2. The van der Waals surface area contributed by atoms with Gasteiger partial charge in [-0.2, -0.15) is 0 Å². The van der Waals surface area contributed by atoms with E-state index >= 15 is 0 Å². The summed E-state index contributed by atoms with van der Waals surface area (Å²) in [6.45, 7) is 2.11. The van der Waals surface area contributed by atoms with Gasteiger partial charge in [-0.3, -0.25) is 0 Å². The first-order valence-electron chi connectivity index (χ1n) is 4.39. The van der Waals surface area contributed by atoms with Crippen molar-refractivity contribution in [3.63, 3.8) is 0 Å². The van der Waals surface area contributed by atoms with Gasteiger partial charge in [0, 0.05) is 6.04 Å². The van der Waals surface area contributed by atoms with E-state index < -0.39 is 0 Å². The van der Waals surface area contributed by atoms with Crippen molar-refractivity contribution in [2.45, 2.75) is 25.8 Å². The molecule has 1 rings (SSSR count). The van der Waals surface area contributed by atoms with Gasteiger partial charge in [0.1, 0.15) is 5.75 Å². The van der Waals surface area contributed by atoms with Crippen molar-refractivity contribution in [1.82, 2.24) is 0 Å². The van der Waals surface area contributed by atoms with E-state index in [0.29, 0.717) is 4.47 Å². The van der Waals surface area contributed by atoms with Crippen molar-refractivity contribution in [2.75, 3.05) is 0 Å². The maximum atomic E-state index is 9.27. The molecule has 0 radical (unpaired) electrons. The van der Waals surface area contributed by atoms with E-state index in [4.69, 9.17) is 5.73 Å². The quantitative estimate of drug-likeness (QED) is 0.891. The Hall–Kier alpha value is -0.250. The lowest BCUT2D eigenvalue weighted by Crippen LogP contribution is -2.09. The molecule has 2 nitrogen and oxygen atoms in total. The summed E-state index contributed by atoms with van der Waals surface area (Å²) in [6.07, 6.45) is 2.04. The predicted molar refractivity (Wildman–Crippen MR) is 64.9 cm³/mol. The van der Waals surface area contributed by atoms with Crippen LogP contribution in [0.4, 0.5) is 0 Å². The lowest BCUT2D eigenvalue weighted by molar-refractivity contribution is 0.471. The Balaban J connectivity index is 0.00000169. The van der Waals surface area contributed by atoms with Crippen LogP contribution in [0.25, 0.3) is 0 Å². The lowest BCUT2D eigenvalue weighted by atomic mass is 10.0. The van der Waals surface area contributed by atoms with E-state index in [1.807, 2.05) is 12.1 Å². The highest BCUT2D eigenvalue weighted by molar-refractivity contribution is 9.10. The molecule has 0 bridgehead atoms. The molecule has 80 valence electrons. The second-order valence-electron chi connectivity index (χ2n) is 3.11. The van der Waals surface area contributed by atoms with Crippen molar-refractivity contribution in [1.29, 1.82) is 0 Å². The topological polar surface area (TPSA) is 46.2 Å². The highest BCUT2D eigenvalue weighted by atomic mass is 79.9. The minimum atomic E-state index is 0. The first-order chi connectivity index (χ1) is 6.15. The Kier molecular flexibility index (Phi) is 6.16. The van der Waals surface area contributed by atoms with E-state index in [1.165, 1.54) is 0 Å². The van der Waals surface area contributed by atoms with Gasteiger partial charge in [0.05, 0.1) is 4.47 Å². The molecule has 0 aliphatic rings. The lowest BCUT2D eigenvalue weighted by Gasteiger charge is -2.11. The van der Waals surface area contributed by atoms with Crippen LogP contribution in [0, 0.1) is 0 Å². The number of phenols is 1. The fraction of sp³-hybridized carbons (Fsp3) is 0.400. The zero-order valence-corrected chi connectivity index (χ0v) is 10.4. The molecule has 0 aromatic heterocycles. The summed E-state index contributed by atoms with van der Waals surface area (Å²) in [5, 5.41) is 9.27. The molecule has 4 heteroatoms. The first-order valence-corrected chi connectivity index (χ1v) is 5.18. The maximum Gasteiger partial charge on any atom is 0.129 e. The van der Waals surface area contributed by atoms with E-state index in [-0.39, 0.29) is 24.2 Å². The Morgan fingerprint density at radius 2 is 2.14 bits per heavy atom. The monoisotopic (exact) mass is 279 g/mol. The van der Waals surface area contributed by atoms with E-state index in [1.54, 1.807) is 6.07 Å². The minimum Gasteiger partial charge on any atom is -0.507 e. The average molecular weight is 281 g/mol. The molecule has 0 aliphatic carbocycles. The van der Waals surface area contributed by atoms with E-state index in [9.17, 15) is 5.11 Å². The molecule has 0 heterocycles. The van der Waals surface area contributed by atoms with Gasteiger partial charge >= 0.3 is 0 Å². The van der Waals surface area contributed by atoms with Crippen LogP contribution in [-0.2, 0) is 0 Å². The zero-order valence-electron chi connectivity index (χ0n) is 8.03. The highest BCUT2D eigenvalue weighted by Gasteiger charge is 2.06. The van der Waals surface area contributed by atoms with Crippen LogP contribution < -0.4 is 5.73 Å². The van der Waals surface area contributed by atoms with Crippen molar-refractivity contribution >= 4 is 28.3 Å². The molecule has 1 atom stereocenters. The first kappa shape index (κ1) is 13.8. The van der Waals surface area contributed by atoms with Crippen LogP contribution in [0.3, 0.4) is 0 Å². The molecular formula is C10H15BrClNO. The molecule has 0 fully saturated rings. The van der Waals surface area contributed by atoms with E-state index in [0.717, 1.165) is 18.4 Å². The third kappa shape index (κ3) is 3.48. The molecule has 0 saturated carbocycles. The van der Waals surface area contributed by atoms with E-state index in [2.05, 4.69) is 22.9 Å². The Bertz CT molecular complexity index is 293. The van der Waals surface area contributed by atoms with Gasteiger partial charge in [0.15, 0.2) is 0 Å². The largest absolute Gasteiger partial charge is 0.507 e. The summed E-state index contributed by atoms with van der Waals surface area (Å²) in [7, 11) is 0. The number of hydrogen-bond donors (Lipinski definition) is 2. The smallest absolute Gasteiger partial charge is 0.129 e. The Labute approximate surface area is 99.0 Å². The van der Waals surface area contributed by atoms with Crippen LogP contribution in [0.1, 0.15) is 31.4 Å². The molecule has 14 heavy (non-hydrogen) atoms. The molecule has 0 saturated heterocycles. The van der Waals surface area contributed by atoms with Gasteiger partial charge in [-0.15, -0.1) is 12.4 Å². The zero-order chi connectivity index (χ0) is 9.84. The third-order valence-corrected chi connectivity index (χ3v) is 2.63. The van der Waals surface area contributed by atoms with Gasteiger partial charge in [0.25, 0.3) is 0 Å². The molecule has 1 aromatic carbocycles. The summed E-state index contributed by atoms with van der Waals surface area (Å²) >= 11 is 3.26. The third-order valence-electron chi connectivity index (χ3n) is 2.00. The van der Waals surface area contributed by atoms with Crippen LogP contribution >= 0.6 is 28.3 Å². The second kappa shape index (κ2) is 6.27. The Morgan fingerprint density at radius 3 is 2.64 bits per heavy atom. The number of nitrogens with two attached hydrogens (primary N) is 1. The SMILES string of the molecule is CCC[C@H](N)c1ccc(O)c(Br)c1.Cl. The fourth-order valence-electron chi connectivity index (χ4n) is 1.23. The summed E-state index contributed by atoms with van der Waals surface area (Å²) in [5.41, 5.74) is 6.98. The number of halogens is 2. The maximum absolute atomic E-state index is 9.27. The number of rotatable bonds is 3.